The van der Waals surface area contributed by atoms with E-state index in [1.807, 2.05) is 6.92 Å². The predicted octanol–water partition coefficient (Wildman–Crippen LogP) is 3.11. The van der Waals surface area contributed by atoms with Crippen LogP contribution in [0.3, 0.4) is 0 Å². The molecule has 0 spiro atoms. The highest BCUT2D eigenvalue weighted by Crippen LogP contribution is 2.22. The number of hydrogen-bond donors (Lipinski definition) is 1. The van der Waals surface area contributed by atoms with Crippen molar-refractivity contribution in [1.29, 1.82) is 0 Å². The Kier molecular flexibility index (Phi) is 6.73. The Balaban J connectivity index is 1.96. The molecular weight excluding hydrogens is 330 g/mol. The van der Waals surface area contributed by atoms with Crippen molar-refractivity contribution in [3.05, 3.63) is 29.8 Å². The fourth-order valence-electron chi connectivity index (χ4n) is 3.02. The molecule has 1 aliphatic heterocycles. The highest BCUT2D eigenvalue weighted by molar-refractivity contribution is 5.81. The average Bonchev–Trinajstić information content (AvgIpc) is 2.60. The van der Waals surface area contributed by atoms with Crippen molar-refractivity contribution >= 4 is 11.8 Å². The van der Waals surface area contributed by atoms with Crippen LogP contribution in [-0.2, 0) is 9.59 Å². The fourth-order valence-corrected chi connectivity index (χ4v) is 3.02. The van der Waals surface area contributed by atoms with Crippen LogP contribution in [0.5, 0.6) is 5.75 Å². The van der Waals surface area contributed by atoms with Crippen LogP contribution in [0, 0.1) is 5.92 Å². The van der Waals surface area contributed by atoms with Crippen molar-refractivity contribution in [1.82, 2.24) is 10.2 Å². The van der Waals surface area contributed by atoms with Gasteiger partial charge in [-0.15, -0.1) is 0 Å². The number of rotatable bonds is 6. The second-order valence-electron chi connectivity index (χ2n) is 6.21. The zero-order valence-corrected chi connectivity index (χ0v) is 14.5. The number of nitrogens with one attached hydrogen (secondary N) is 1. The second-order valence-corrected chi connectivity index (χ2v) is 6.21. The molecule has 1 heterocycles. The number of alkyl halides is 2. The highest BCUT2D eigenvalue weighted by atomic mass is 19.3. The molecule has 2 amide bonds. The Hall–Kier alpha value is -2.18. The maximum Gasteiger partial charge on any atom is 0.387 e. The summed E-state index contributed by atoms with van der Waals surface area (Å²) in [7, 11) is 0. The average molecular weight is 354 g/mol. The summed E-state index contributed by atoms with van der Waals surface area (Å²) in [5.74, 6) is -0.248. The van der Waals surface area contributed by atoms with E-state index in [1.54, 1.807) is 24.0 Å². The lowest BCUT2D eigenvalue weighted by Gasteiger charge is -2.32. The summed E-state index contributed by atoms with van der Waals surface area (Å²) in [6.45, 7) is 1.84. The van der Waals surface area contributed by atoms with Gasteiger partial charge in [0.15, 0.2) is 0 Å². The second kappa shape index (κ2) is 8.78. The molecule has 0 bridgehead atoms. The van der Waals surface area contributed by atoms with E-state index in [2.05, 4.69) is 10.1 Å². The van der Waals surface area contributed by atoms with E-state index in [1.165, 1.54) is 12.1 Å². The van der Waals surface area contributed by atoms with E-state index in [0.717, 1.165) is 12.8 Å². The van der Waals surface area contributed by atoms with Gasteiger partial charge >= 0.3 is 6.61 Å². The molecule has 7 heteroatoms. The minimum atomic E-state index is -2.88. The quantitative estimate of drug-likeness (QED) is 0.854. The van der Waals surface area contributed by atoms with Gasteiger partial charge in [-0.05, 0) is 37.5 Å². The number of likely N-dealkylation sites (tertiary alicyclic amines) is 1. The van der Waals surface area contributed by atoms with E-state index in [0.29, 0.717) is 25.1 Å². The normalized spacial score (nSPS) is 18.8. The maximum absolute atomic E-state index is 12.5. The molecule has 1 aromatic rings. The first-order valence-corrected chi connectivity index (χ1v) is 8.53. The van der Waals surface area contributed by atoms with Crippen LogP contribution < -0.4 is 10.1 Å². The van der Waals surface area contributed by atoms with E-state index < -0.39 is 6.61 Å². The van der Waals surface area contributed by atoms with Gasteiger partial charge < -0.3 is 15.0 Å². The van der Waals surface area contributed by atoms with E-state index in [9.17, 15) is 18.4 Å². The number of carbonyl (C=O) groups is 2. The molecule has 1 aromatic carbocycles. The smallest absolute Gasteiger partial charge is 0.387 e. The minimum absolute atomic E-state index is 0.0578. The molecule has 5 nitrogen and oxygen atoms in total. The van der Waals surface area contributed by atoms with Crippen molar-refractivity contribution in [3.63, 3.8) is 0 Å². The third kappa shape index (κ3) is 5.41. The zero-order valence-electron chi connectivity index (χ0n) is 14.5. The SMILES string of the molecule is CCC(=O)N1CCCC(C(=O)NC(C)c2cccc(OC(F)F)c2)C1. The van der Waals surface area contributed by atoms with Gasteiger partial charge in [-0.3, -0.25) is 9.59 Å². The van der Waals surface area contributed by atoms with E-state index in [-0.39, 0.29) is 29.5 Å². The summed E-state index contributed by atoms with van der Waals surface area (Å²) in [4.78, 5) is 26.1. The number of halogens is 2. The molecule has 2 unspecified atom stereocenters. The lowest BCUT2D eigenvalue weighted by atomic mass is 9.96. The number of benzene rings is 1. The maximum atomic E-state index is 12.5. The Morgan fingerprint density at radius 1 is 1.40 bits per heavy atom. The van der Waals surface area contributed by atoms with Crippen molar-refractivity contribution in [2.75, 3.05) is 13.1 Å². The van der Waals surface area contributed by atoms with E-state index >= 15 is 0 Å². The Bertz CT molecular complexity index is 610. The molecule has 0 radical (unpaired) electrons. The number of carbonyl (C=O) groups excluding carboxylic acids is 2. The van der Waals surface area contributed by atoms with Crippen LogP contribution in [0.4, 0.5) is 8.78 Å². The fraction of sp³-hybridized carbons (Fsp3) is 0.556. The molecule has 1 saturated heterocycles. The molecule has 0 aliphatic carbocycles. The van der Waals surface area contributed by atoms with Gasteiger partial charge in [0, 0.05) is 19.5 Å². The van der Waals surface area contributed by atoms with Crippen LogP contribution in [0.2, 0.25) is 0 Å². The number of amides is 2. The molecule has 25 heavy (non-hydrogen) atoms. The third-order valence-electron chi connectivity index (χ3n) is 4.39. The Morgan fingerprint density at radius 3 is 2.84 bits per heavy atom. The van der Waals surface area contributed by atoms with Gasteiger partial charge in [0.05, 0.1) is 12.0 Å². The number of nitrogens with zero attached hydrogens (tertiary/aromatic N) is 1. The Morgan fingerprint density at radius 2 is 2.16 bits per heavy atom. The molecule has 1 fully saturated rings. The van der Waals surface area contributed by atoms with Crippen LogP contribution in [-0.4, -0.2) is 36.4 Å². The summed E-state index contributed by atoms with van der Waals surface area (Å²) < 4.78 is 29.0. The van der Waals surface area contributed by atoms with E-state index in [4.69, 9.17) is 0 Å². The number of ether oxygens (including phenoxy) is 1. The number of hydrogen-bond acceptors (Lipinski definition) is 3. The van der Waals surface area contributed by atoms with Gasteiger partial charge in [-0.25, -0.2) is 0 Å². The van der Waals surface area contributed by atoms with Gasteiger partial charge in [-0.1, -0.05) is 19.1 Å². The van der Waals surface area contributed by atoms with Crippen LogP contribution >= 0.6 is 0 Å². The lowest BCUT2D eigenvalue weighted by Crippen LogP contribution is -2.45. The first-order valence-electron chi connectivity index (χ1n) is 8.53. The van der Waals surface area contributed by atoms with Crippen LogP contribution in [0.15, 0.2) is 24.3 Å². The Labute approximate surface area is 146 Å². The predicted molar refractivity (Wildman–Crippen MR) is 89.2 cm³/mol. The standard InChI is InChI=1S/C18H24F2N2O3/c1-3-16(23)22-9-5-7-14(11-22)17(24)21-12(2)13-6-4-8-15(10-13)25-18(19)20/h4,6,8,10,12,14,18H,3,5,7,9,11H2,1-2H3,(H,21,24). The molecule has 2 atom stereocenters. The van der Waals surface area contributed by atoms with Crippen molar-refractivity contribution in [2.24, 2.45) is 5.92 Å². The minimum Gasteiger partial charge on any atom is -0.435 e. The van der Waals surface area contributed by atoms with Crippen LogP contribution in [0.25, 0.3) is 0 Å². The molecule has 2 rings (SSSR count). The van der Waals surface area contributed by atoms with Gasteiger partial charge in [0.25, 0.3) is 0 Å². The van der Waals surface area contributed by atoms with Crippen molar-refractivity contribution < 1.29 is 23.1 Å². The van der Waals surface area contributed by atoms with Gasteiger partial charge in [0.2, 0.25) is 11.8 Å². The van der Waals surface area contributed by atoms with Gasteiger partial charge in [0.1, 0.15) is 5.75 Å². The summed E-state index contributed by atoms with van der Waals surface area (Å²) in [5, 5.41) is 2.90. The molecule has 0 aromatic heterocycles. The molecule has 1 aliphatic rings. The number of piperidine rings is 1. The van der Waals surface area contributed by atoms with Crippen molar-refractivity contribution in [2.45, 2.75) is 45.8 Å². The monoisotopic (exact) mass is 354 g/mol. The van der Waals surface area contributed by atoms with Gasteiger partial charge in [-0.2, -0.15) is 8.78 Å². The highest BCUT2D eigenvalue weighted by Gasteiger charge is 2.28. The third-order valence-corrected chi connectivity index (χ3v) is 4.39. The topological polar surface area (TPSA) is 58.6 Å². The lowest BCUT2D eigenvalue weighted by molar-refractivity contribution is -0.135. The van der Waals surface area contributed by atoms with Crippen molar-refractivity contribution in [3.8, 4) is 5.75 Å². The van der Waals surface area contributed by atoms with Crippen LogP contribution in [0.1, 0.15) is 44.7 Å². The summed E-state index contributed by atoms with van der Waals surface area (Å²) in [6.07, 6.45) is 1.97. The first-order chi connectivity index (χ1) is 11.9. The molecule has 138 valence electrons. The molecule has 0 saturated carbocycles. The largest absolute Gasteiger partial charge is 0.435 e. The molecule has 1 N–H and O–H groups in total. The molecular formula is C18H24F2N2O3. The summed E-state index contributed by atoms with van der Waals surface area (Å²) >= 11 is 0. The zero-order chi connectivity index (χ0) is 18.4. The first kappa shape index (κ1) is 19.1. The summed E-state index contributed by atoms with van der Waals surface area (Å²) in [6, 6.07) is 5.95. The summed E-state index contributed by atoms with van der Waals surface area (Å²) in [5.41, 5.74) is 0.684.